The van der Waals surface area contributed by atoms with Crippen LogP contribution in [0.4, 0.5) is 4.39 Å². The first kappa shape index (κ1) is 23.1. The van der Waals surface area contributed by atoms with Gasteiger partial charge in [0.2, 0.25) is 5.95 Å². The number of nitrogens with one attached hydrogen (secondary N) is 1. The van der Waals surface area contributed by atoms with E-state index in [2.05, 4.69) is 25.6 Å². The number of nitriles is 1. The number of rotatable bonds is 6. The van der Waals surface area contributed by atoms with Crippen molar-refractivity contribution in [3.8, 4) is 6.07 Å². The van der Waals surface area contributed by atoms with Crippen LogP contribution in [0.2, 0.25) is 0 Å². The second kappa shape index (κ2) is 7.62. The van der Waals surface area contributed by atoms with Crippen LogP contribution in [-0.2, 0) is 26.4 Å². The van der Waals surface area contributed by atoms with Crippen LogP contribution in [0, 0.1) is 17.3 Å². The van der Waals surface area contributed by atoms with Crippen molar-refractivity contribution in [3.63, 3.8) is 0 Å². The summed E-state index contributed by atoms with van der Waals surface area (Å²) >= 11 is 3.19. The summed E-state index contributed by atoms with van der Waals surface area (Å²) in [4.78, 5) is 3.61. The van der Waals surface area contributed by atoms with Crippen LogP contribution < -0.4 is 4.72 Å². The highest BCUT2D eigenvalue weighted by molar-refractivity contribution is 9.10. The van der Waals surface area contributed by atoms with Gasteiger partial charge in [-0.2, -0.15) is 9.65 Å². The quantitative estimate of drug-likeness (QED) is 0.648. The predicted octanol–water partition coefficient (Wildman–Crippen LogP) is 2.97. The Hall–Kier alpha value is -0.890. The predicted molar refractivity (Wildman–Crippen MR) is 104 cm³/mol. The molecule has 0 amide bonds. The van der Waals surface area contributed by atoms with Crippen molar-refractivity contribution in [2.24, 2.45) is 0 Å². The van der Waals surface area contributed by atoms with E-state index in [4.69, 9.17) is 0 Å². The van der Waals surface area contributed by atoms with E-state index in [-0.39, 0.29) is 5.56 Å². The normalized spacial score (nSPS) is 16.6. The number of halogens is 2. The molecule has 26 heavy (non-hydrogen) atoms. The third kappa shape index (κ3) is 5.09. The fraction of sp³-hybridized carbons (Fsp3) is 0.625. The summed E-state index contributed by atoms with van der Waals surface area (Å²) in [6.07, 6.45) is 1.24. The van der Waals surface area contributed by atoms with Gasteiger partial charge in [-0.3, -0.25) is 0 Å². The van der Waals surface area contributed by atoms with Gasteiger partial charge in [0.25, 0.3) is 0 Å². The van der Waals surface area contributed by atoms with Crippen LogP contribution in [0.25, 0.3) is 0 Å². The fourth-order valence-electron chi connectivity index (χ4n) is 1.96. The Labute approximate surface area is 165 Å². The van der Waals surface area contributed by atoms with Gasteiger partial charge in [-0.15, -0.1) is 0 Å². The molecule has 1 N–H and O–H groups in total. The first-order chi connectivity index (χ1) is 11.6. The average Bonchev–Trinajstić information content (AvgIpc) is 2.47. The lowest BCUT2D eigenvalue weighted by molar-refractivity contribution is 0.438. The molecule has 2 atom stereocenters. The van der Waals surface area contributed by atoms with Crippen LogP contribution in [0.5, 0.6) is 0 Å². The van der Waals surface area contributed by atoms with Crippen molar-refractivity contribution in [3.05, 3.63) is 28.2 Å². The van der Waals surface area contributed by atoms with Crippen molar-refractivity contribution < 1.29 is 17.0 Å². The Bertz CT molecular complexity index is 860. The van der Waals surface area contributed by atoms with Gasteiger partial charge >= 0.3 is 0 Å². The minimum atomic E-state index is -4.00. The molecule has 146 valence electrons. The van der Waals surface area contributed by atoms with Crippen LogP contribution in [0.3, 0.4) is 0 Å². The lowest BCUT2D eigenvalue weighted by atomic mass is 9.97. The van der Waals surface area contributed by atoms with E-state index in [0.717, 1.165) is 0 Å². The van der Waals surface area contributed by atoms with Crippen molar-refractivity contribution in [1.29, 1.82) is 5.26 Å². The zero-order valence-electron chi connectivity index (χ0n) is 15.6. The molecule has 1 rings (SSSR count). The molecule has 0 radical (unpaired) electrons. The highest BCUT2D eigenvalue weighted by atomic mass is 79.9. The first-order valence-electron chi connectivity index (χ1n) is 7.70. The third-order valence-corrected chi connectivity index (χ3v) is 8.59. The number of nitrogens with zero attached hydrogens (tertiary/aromatic N) is 2. The average molecular weight is 468 g/mol. The molecule has 1 heterocycles. The molecule has 6 nitrogen and oxygen atoms in total. The van der Waals surface area contributed by atoms with E-state index in [0.29, 0.717) is 4.47 Å². The van der Waals surface area contributed by atoms with E-state index in [1.807, 2.05) is 0 Å². The smallest absolute Gasteiger partial charge is 0.218 e. The summed E-state index contributed by atoms with van der Waals surface area (Å²) in [5.41, 5.74) is -1.62. The van der Waals surface area contributed by atoms with Crippen molar-refractivity contribution in [2.75, 3.05) is 5.75 Å². The van der Waals surface area contributed by atoms with Crippen molar-refractivity contribution >= 4 is 36.8 Å². The lowest BCUT2D eigenvalue weighted by Gasteiger charge is -2.35. The zero-order valence-corrected chi connectivity index (χ0v) is 18.8. The number of aromatic nitrogens is 1. The molecule has 0 spiro atoms. The van der Waals surface area contributed by atoms with Crippen LogP contribution >= 0.6 is 15.9 Å². The molecule has 0 aliphatic carbocycles. The standard InChI is InChI=1S/C16H23BrFN3O3S2/c1-14(2,3)25(22)21-16(6,10-26(23,24)15(4,5)9-19)12-7-11(17)8-20-13(12)18/h7-8,21H,10H2,1-6H3. The number of pyridine rings is 1. The summed E-state index contributed by atoms with van der Waals surface area (Å²) in [5, 5.41) is 9.20. The Balaban J connectivity index is 3.56. The van der Waals surface area contributed by atoms with Crippen LogP contribution in [0.15, 0.2) is 16.7 Å². The summed E-state index contributed by atoms with van der Waals surface area (Å²) < 4.78 is 53.4. The first-order valence-corrected chi connectivity index (χ1v) is 11.3. The van der Waals surface area contributed by atoms with Gasteiger partial charge in [0.05, 0.1) is 33.1 Å². The van der Waals surface area contributed by atoms with Gasteiger partial charge in [0.15, 0.2) is 14.6 Å². The SMILES string of the molecule is CC(CS(=O)(=O)C(C)(C)C#N)(NS(=O)C(C)(C)C)c1cc(Br)cnc1F. The van der Waals surface area contributed by atoms with Crippen molar-refractivity contribution in [2.45, 2.75) is 56.6 Å². The van der Waals surface area contributed by atoms with Gasteiger partial charge in [-0.05, 0) is 63.5 Å². The number of hydrogen-bond donors (Lipinski definition) is 1. The minimum Gasteiger partial charge on any atom is -0.242 e. The summed E-state index contributed by atoms with van der Waals surface area (Å²) in [6, 6.07) is 3.15. The van der Waals surface area contributed by atoms with Crippen molar-refractivity contribution in [1.82, 2.24) is 9.71 Å². The largest absolute Gasteiger partial charge is 0.242 e. The second-order valence-electron chi connectivity index (χ2n) is 7.69. The highest BCUT2D eigenvalue weighted by Crippen LogP contribution is 2.32. The lowest BCUT2D eigenvalue weighted by Crippen LogP contribution is -2.52. The molecule has 1 aromatic rings. The Kier molecular flexibility index (Phi) is 6.78. The molecule has 10 heteroatoms. The summed E-state index contributed by atoms with van der Waals surface area (Å²) in [7, 11) is -5.70. The molecular weight excluding hydrogens is 445 g/mol. The Morgan fingerprint density at radius 1 is 1.31 bits per heavy atom. The van der Waals surface area contributed by atoms with Gasteiger partial charge < -0.3 is 0 Å². The Morgan fingerprint density at radius 3 is 2.31 bits per heavy atom. The van der Waals surface area contributed by atoms with E-state index in [1.165, 1.54) is 33.0 Å². The Morgan fingerprint density at radius 2 is 1.85 bits per heavy atom. The van der Waals surface area contributed by atoms with Gasteiger partial charge in [-0.1, -0.05) is 0 Å². The molecule has 0 aliphatic rings. The van der Waals surface area contributed by atoms with Crippen LogP contribution in [0.1, 0.15) is 47.1 Å². The molecule has 0 saturated carbocycles. The molecule has 0 aromatic carbocycles. The number of hydrogen-bond acceptors (Lipinski definition) is 5. The number of sulfone groups is 1. The molecule has 0 bridgehead atoms. The molecule has 0 saturated heterocycles. The molecule has 1 aromatic heterocycles. The van der Waals surface area contributed by atoms with E-state index in [1.54, 1.807) is 26.8 Å². The van der Waals surface area contributed by atoms with E-state index >= 15 is 0 Å². The molecule has 2 unspecified atom stereocenters. The zero-order chi connectivity index (χ0) is 20.6. The molecular formula is C16H23BrFN3O3S2. The van der Waals surface area contributed by atoms with Gasteiger partial charge in [-0.25, -0.2) is 22.3 Å². The maximum Gasteiger partial charge on any atom is 0.218 e. The van der Waals surface area contributed by atoms with E-state index < -0.39 is 47.6 Å². The van der Waals surface area contributed by atoms with Gasteiger partial charge in [0, 0.05) is 16.2 Å². The van der Waals surface area contributed by atoms with Crippen LogP contribution in [-0.4, -0.2) is 32.9 Å². The minimum absolute atomic E-state index is 0.0539. The fourth-order valence-corrected chi connectivity index (χ4v) is 4.77. The highest BCUT2D eigenvalue weighted by Gasteiger charge is 2.44. The molecule has 0 aliphatic heterocycles. The summed E-state index contributed by atoms with van der Waals surface area (Å²) in [6.45, 7) is 9.12. The third-order valence-electron chi connectivity index (χ3n) is 3.80. The maximum atomic E-state index is 14.4. The van der Waals surface area contributed by atoms with E-state index in [9.17, 15) is 22.3 Å². The monoisotopic (exact) mass is 467 g/mol. The van der Waals surface area contributed by atoms with Gasteiger partial charge in [0.1, 0.15) is 0 Å². The topological polar surface area (TPSA) is 99.9 Å². The summed E-state index contributed by atoms with van der Waals surface area (Å²) in [5.74, 6) is -1.50. The maximum absolute atomic E-state index is 14.4. The second-order valence-corrected chi connectivity index (χ2v) is 13.1. The molecule has 0 fully saturated rings.